The highest BCUT2D eigenvalue weighted by molar-refractivity contribution is 6.23. The monoisotopic (exact) mass is 585 g/mol. The number of aromatic hydroxyl groups is 1. The van der Waals surface area contributed by atoms with Crippen molar-refractivity contribution >= 4 is 35.0 Å². The van der Waals surface area contributed by atoms with Crippen LogP contribution in [0.15, 0.2) is 65.8 Å². The van der Waals surface area contributed by atoms with Gasteiger partial charge in [-0.25, -0.2) is 9.69 Å². The number of anilines is 1. The van der Waals surface area contributed by atoms with Crippen LogP contribution in [-0.2, 0) is 19.2 Å². The number of carboxylic acid groups (broad SMARTS) is 1. The van der Waals surface area contributed by atoms with E-state index < -0.39 is 58.5 Å². The summed E-state index contributed by atoms with van der Waals surface area (Å²) in [4.78, 5) is 67.7. The van der Waals surface area contributed by atoms with Crippen LogP contribution in [0.2, 0.25) is 0 Å². The van der Waals surface area contributed by atoms with Crippen LogP contribution in [0, 0.1) is 29.1 Å². The van der Waals surface area contributed by atoms with Crippen LogP contribution in [0.25, 0.3) is 0 Å². The summed E-state index contributed by atoms with van der Waals surface area (Å²) in [5, 5.41) is 29.0. The summed E-state index contributed by atoms with van der Waals surface area (Å²) in [6, 6.07) is 10.7. The number of nitrogens with zero attached hydrogens (tertiary/aromatic N) is 1. The Balaban J connectivity index is 1.47. The summed E-state index contributed by atoms with van der Waals surface area (Å²) < 4.78 is 5.89. The average Bonchev–Trinajstić information content (AvgIpc) is 3.23. The molecule has 0 aromatic heterocycles. The lowest BCUT2D eigenvalue weighted by Crippen LogP contribution is -2.54. The van der Waals surface area contributed by atoms with Crippen LogP contribution in [0.4, 0.5) is 5.69 Å². The molecule has 0 bridgehead atoms. The maximum absolute atomic E-state index is 14.1. The fourth-order valence-corrected chi connectivity index (χ4v) is 7.84. The molecule has 0 radical (unpaired) electrons. The molecule has 3 N–H and O–H groups in total. The summed E-state index contributed by atoms with van der Waals surface area (Å²) in [5.74, 6) is -6.26. The minimum atomic E-state index is -1.35. The molecular formula is C33H31NO9. The second-order valence-electron chi connectivity index (χ2n) is 11.9. The number of rotatable bonds is 6. The lowest BCUT2D eigenvalue weighted by molar-refractivity contribution is -0.141. The maximum Gasteiger partial charge on any atom is 0.339 e. The molecule has 1 saturated carbocycles. The minimum Gasteiger partial charge on any atom is -0.507 e. The van der Waals surface area contributed by atoms with Gasteiger partial charge in [-0.05, 0) is 55.5 Å². The number of aliphatic hydroxyl groups is 1. The van der Waals surface area contributed by atoms with Crippen LogP contribution >= 0.6 is 0 Å². The number of fused-ring (bicyclic) bond motifs is 4. The third-order valence-corrected chi connectivity index (χ3v) is 9.69. The van der Waals surface area contributed by atoms with Crippen LogP contribution in [-0.4, -0.2) is 57.9 Å². The molecule has 2 aromatic rings. The summed E-state index contributed by atoms with van der Waals surface area (Å²) in [6.07, 6.45) is 3.72. The summed E-state index contributed by atoms with van der Waals surface area (Å²) >= 11 is 0. The van der Waals surface area contributed by atoms with Gasteiger partial charge in [0.2, 0.25) is 11.8 Å². The molecule has 4 aliphatic rings. The fraction of sp³-hybridized carbons (Fsp3) is 0.364. The first-order valence-corrected chi connectivity index (χ1v) is 14.2. The number of hydrogen-bond donors (Lipinski definition) is 3. The molecule has 1 saturated heterocycles. The molecule has 2 amide bonds. The highest BCUT2D eigenvalue weighted by Gasteiger charge is 2.63. The van der Waals surface area contributed by atoms with Gasteiger partial charge in [-0.2, -0.15) is 0 Å². The second-order valence-corrected chi connectivity index (χ2v) is 11.9. The number of Topliss-reactive ketones (excluding diaryl/α,β-unsaturated/α-hetero) is 1. The first-order valence-electron chi connectivity index (χ1n) is 14.2. The summed E-state index contributed by atoms with van der Waals surface area (Å²) in [6.45, 7) is 3.24. The van der Waals surface area contributed by atoms with Gasteiger partial charge in [0.15, 0.2) is 11.6 Å². The number of phenols is 1. The zero-order chi connectivity index (χ0) is 30.8. The van der Waals surface area contributed by atoms with Crippen molar-refractivity contribution in [2.45, 2.75) is 32.6 Å². The van der Waals surface area contributed by atoms with E-state index in [1.807, 2.05) is 18.2 Å². The van der Waals surface area contributed by atoms with Crippen molar-refractivity contribution in [3.63, 3.8) is 0 Å². The predicted octanol–water partition coefficient (Wildman–Crippen LogP) is 3.42. The zero-order valence-corrected chi connectivity index (χ0v) is 23.6. The minimum absolute atomic E-state index is 0.0261. The predicted molar refractivity (Wildman–Crippen MR) is 152 cm³/mol. The smallest absolute Gasteiger partial charge is 0.339 e. The number of ether oxygens (including phenoxy) is 1. The van der Waals surface area contributed by atoms with E-state index >= 15 is 0 Å². The average molecular weight is 586 g/mol. The molecule has 3 aliphatic carbocycles. The van der Waals surface area contributed by atoms with Gasteiger partial charge in [0.05, 0.1) is 29.5 Å². The Hall–Kier alpha value is -4.57. The summed E-state index contributed by atoms with van der Waals surface area (Å²) in [5.41, 5.74) is 0.353. The van der Waals surface area contributed by atoms with Crippen LogP contribution in [0.3, 0.4) is 0 Å². The van der Waals surface area contributed by atoms with Crippen molar-refractivity contribution in [2.24, 2.45) is 29.1 Å². The Morgan fingerprint density at radius 2 is 1.81 bits per heavy atom. The fourth-order valence-electron chi connectivity index (χ4n) is 7.84. The third-order valence-electron chi connectivity index (χ3n) is 9.69. The van der Waals surface area contributed by atoms with E-state index in [1.54, 1.807) is 26.0 Å². The molecule has 2 aromatic carbocycles. The Morgan fingerprint density at radius 3 is 2.51 bits per heavy atom. The molecule has 10 heteroatoms. The molecule has 0 spiro atoms. The van der Waals surface area contributed by atoms with Gasteiger partial charge in [0.1, 0.15) is 23.7 Å². The Labute approximate surface area is 247 Å². The lowest BCUT2D eigenvalue weighted by atomic mass is 9.47. The number of carbonyl (C=O) groups is 5. The molecule has 0 unspecified atom stereocenters. The standard InChI is InChI=1S/C33H31NO9/c1-16-13-25(37)23-15-22-18(28(33(23,2)29(16)38)20-5-3-4-6-26(20)43-12-11-35)9-10-21-27(22)31(40)34(30(21)39)17-7-8-19(32(41)42)24(36)14-17/h3-9,13-14,21-23,27-28,35-36H,10-12,15H2,1-2H3,(H,41,42)/t21-,22+,23-,27-,28+,33+/m0/s1. The number of carboxylic acids is 1. The van der Waals surface area contributed by atoms with Crippen LogP contribution < -0.4 is 9.64 Å². The van der Waals surface area contributed by atoms with Crippen LogP contribution in [0.5, 0.6) is 11.5 Å². The number of para-hydroxylation sites is 1. The Morgan fingerprint density at radius 1 is 1.07 bits per heavy atom. The molecule has 6 atom stereocenters. The molecule has 1 aliphatic heterocycles. The topological polar surface area (TPSA) is 159 Å². The largest absolute Gasteiger partial charge is 0.507 e. The van der Waals surface area contributed by atoms with Gasteiger partial charge in [0.25, 0.3) is 0 Å². The van der Waals surface area contributed by atoms with Gasteiger partial charge in [-0.15, -0.1) is 0 Å². The van der Waals surface area contributed by atoms with E-state index in [9.17, 15) is 39.3 Å². The van der Waals surface area contributed by atoms with E-state index in [4.69, 9.17) is 4.74 Å². The highest BCUT2D eigenvalue weighted by atomic mass is 16.5. The quantitative estimate of drug-likeness (QED) is 0.341. The van der Waals surface area contributed by atoms with Crippen molar-refractivity contribution in [3.8, 4) is 11.5 Å². The Bertz CT molecular complexity index is 1660. The number of imide groups is 1. The van der Waals surface area contributed by atoms with E-state index in [0.29, 0.717) is 16.9 Å². The SMILES string of the molecule is CC1=CC(=O)[C@@H]2C[C@@H]3C(=CC[C@@H]4C(=O)N(c5ccc(C(=O)O)c(O)c5)C(=O)[C@@H]43)[C@H](c3ccccc3OCCO)[C@]2(C)C1=O. The number of hydrogen-bond acceptors (Lipinski definition) is 8. The number of benzene rings is 2. The number of amides is 2. The molecule has 222 valence electrons. The van der Waals surface area contributed by atoms with Gasteiger partial charge in [0, 0.05) is 23.5 Å². The third kappa shape index (κ3) is 4.15. The number of allylic oxidation sites excluding steroid dienone is 4. The Kier molecular flexibility index (Phi) is 6.84. The summed E-state index contributed by atoms with van der Waals surface area (Å²) in [7, 11) is 0. The molecule has 43 heavy (non-hydrogen) atoms. The van der Waals surface area contributed by atoms with Gasteiger partial charge in [-0.3, -0.25) is 19.2 Å². The van der Waals surface area contributed by atoms with E-state index in [2.05, 4.69) is 0 Å². The lowest BCUT2D eigenvalue weighted by Gasteiger charge is -2.53. The molecule has 1 heterocycles. The normalized spacial score (nSPS) is 29.8. The molecular weight excluding hydrogens is 554 g/mol. The van der Waals surface area contributed by atoms with Gasteiger partial charge >= 0.3 is 5.97 Å². The van der Waals surface area contributed by atoms with Crippen molar-refractivity contribution in [3.05, 3.63) is 76.9 Å². The molecule has 6 rings (SSSR count). The molecule has 10 nitrogen and oxygen atoms in total. The van der Waals surface area contributed by atoms with E-state index in [1.165, 1.54) is 12.1 Å². The van der Waals surface area contributed by atoms with Crippen LogP contribution in [0.1, 0.15) is 48.5 Å². The second kappa shape index (κ2) is 10.3. The van der Waals surface area contributed by atoms with E-state index in [0.717, 1.165) is 22.6 Å². The highest BCUT2D eigenvalue weighted by Crippen LogP contribution is 2.63. The number of aliphatic hydroxyl groups excluding tert-OH is 1. The molecule has 2 fully saturated rings. The number of ketones is 2. The first-order chi connectivity index (χ1) is 20.5. The van der Waals surface area contributed by atoms with Crippen molar-refractivity contribution in [1.29, 1.82) is 0 Å². The number of carbonyl (C=O) groups excluding carboxylic acids is 4. The van der Waals surface area contributed by atoms with Gasteiger partial charge in [-0.1, -0.05) is 36.8 Å². The van der Waals surface area contributed by atoms with Crippen molar-refractivity contribution in [2.75, 3.05) is 18.1 Å². The van der Waals surface area contributed by atoms with E-state index in [-0.39, 0.29) is 48.9 Å². The van der Waals surface area contributed by atoms with Crippen molar-refractivity contribution in [1.82, 2.24) is 0 Å². The van der Waals surface area contributed by atoms with Gasteiger partial charge < -0.3 is 20.1 Å². The zero-order valence-electron chi connectivity index (χ0n) is 23.6. The first kappa shape index (κ1) is 28.5. The number of aromatic carboxylic acids is 1. The van der Waals surface area contributed by atoms with Crippen molar-refractivity contribution < 1.29 is 44.0 Å². The maximum atomic E-state index is 14.1.